The number of nitrogens with zero attached hydrogens (tertiary/aromatic N) is 2. The summed E-state index contributed by atoms with van der Waals surface area (Å²) >= 11 is 0. The third-order valence-corrected chi connectivity index (χ3v) is 5.96. The Balaban J connectivity index is 1.57. The molecule has 35 heavy (non-hydrogen) atoms. The summed E-state index contributed by atoms with van der Waals surface area (Å²) in [6, 6.07) is 12.1. The summed E-state index contributed by atoms with van der Waals surface area (Å²) in [7, 11) is 1.53. The highest BCUT2D eigenvalue weighted by Gasteiger charge is 2.33. The third-order valence-electron chi connectivity index (χ3n) is 5.96. The van der Waals surface area contributed by atoms with Crippen LogP contribution in [0.25, 0.3) is 17.3 Å². The Kier molecular flexibility index (Phi) is 7.44. The first-order valence-electron chi connectivity index (χ1n) is 11.6. The quantitative estimate of drug-likeness (QED) is 0.372. The van der Waals surface area contributed by atoms with Crippen LogP contribution < -0.4 is 9.47 Å². The molecular weight excluding hydrogens is 447 g/mol. The zero-order valence-corrected chi connectivity index (χ0v) is 20.1. The Bertz CT molecular complexity index is 1250. The van der Waals surface area contributed by atoms with Crippen molar-refractivity contribution >= 4 is 12.0 Å². The van der Waals surface area contributed by atoms with Gasteiger partial charge in [-0.3, -0.25) is 9.78 Å². The van der Waals surface area contributed by atoms with Crippen LogP contribution in [0.5, 0.6) is 11.5 Å². The van der Waals surface area contributed by atoms with Gasteiger partial charge in [-0.15, -0.1) is 0 Å². The van der Waals surface area contributed by atoms with E-state index in [4.69, 9.17) is 9.47 Å². The van der Waals surface area contributed by atoms with Crippen molar-refractivity contribution in [2.45, 2.75) is 45.6 Å². The number of rotatable bonds is 10. The Morgan fingerprint density at radius 2 is 2.00 bits per heavy atom. The molecule has 3 aromatic rings. The molecule has 0 amide bonds. The second-order valence-electron chi connectivity index (χ2n) is 9.07. The predicted octanol–water partition coefficient (Wildman–Crippen LogP) is 6.26. The molecular formula is C28H29FN2O4. The molecule has 1 heterocycles. The lowest BCUT2D eigenvalue weighted by Gasteiger charge is -2.16. The van der Waals surface area contributed by atoms with E-state index in [0.29, 0.717) is 40.1 Å². The first kappa shape index (κ1) is 24.4. The SMILES string of the molecule is COc1ccc(F)c(-c2ncc(COc3cccc([C@@H](CC(=O)O)C4CC4)c3)nc2C=C(C)C)c1. The average molecular weight is 477 g/mol. The predicted molar refractivity (Wildman–Crippen MR) is 132 cm³/mol. The summed E-state index contributed by atoms with van der Waals surface area (Å²) in [5.74, 6) is 0.400. The monoisotopic (exact) mass is 476 g/mol. The van der Waals surface area contributed by atoms with Crippen LogP contribution in [-0.4, -0.2) is 28.2 Å². The Morgan fingerprint density at radius 3 is 2.69 bits per heavy atom. The molecule has 0 unspecified atom stereocenters. The normalized spacial score (nSPS) is 13.7. The average Bonchev–Trinajstić information content (AvgIpc) is 3.67. The molecule has 1 N–H and O–H groups in total. The van der Waals surface area contributed by atoms with Gasteiger partial charge in [0, 0.05) is 5.56 Å². The molecule has 1 aliphatic carbocycles. The van der Waals surface area contributed by atoms with Gasteiger partial charge in [-0.1, -0.05) is 17.7 Å². The molecule has 1 atom stereocenters. The summed E-state index contributed by atoms with van der Waals surface area (Å²) in [6.45, 7) is 4.05. The van der Waals surface area contributed by atoms with Crippen LogP contribution in [-0.2, 0) is 11.4 Å². The molecule has 0 saturated heterocycles. The number of hydrogen-bond donors (Lipinski definition) is 1. The first-order chi connectivity index (χ1) is 16.8. The number of hydrogen-bond acceptors (Lipinski definition) is 5. The van der Waals surface area contributed by atoms with E-state index in [1.807, 2.05) is 44.2 Å². The molecule has 182 valence electrons. The van der Waals surface area contributed by atoms with Gasteiger partial charge < -0.3 is 14.6 Å². The van der Waals surface area contributed by atoms with Crippen LogP contribution in [0.1, 0.15) is 56.0 Å². The number of benzene rings is 2. The molecule has 0 aliphatic heterocycles. The fourth-order valence-electron chi connectivity index (χ4n) is 4.14. The molecule has 0 bridgehead atoms. The number of allylic oxidation sites excluding steroid dienone is 1. The Labute approximate surface area is 204 Å². The molecule has 1 saturated carbocycles. The van der Waals surface area contributed by atoms with Gasteiger partial charge in [0.2, 0.25) is 0 Å². The molecule has 1 fully saturated rings. The number of carboxylic acids is 1. The number of methoxy groups -OCH3 is 1. The molecule has 1 aliphatic rings. The summed E-state index contributed by atoms with van der Waals surface area (Å²) < 4.78 is 25.9. The lowest BCUT2D eigenvalue weighted by atomic mass is 9.91. The van der Waals surface area contributed by atoms with Gasteiger partial charge >= 0.3 is 5.97 Å². The van der Waals surface area contributed by atoms with Gasteiger partial charge in [0.15, 0.2) is 0 Å². The van der Waals surface area contributed by atoms with Crippen molar-refractivity contribution in [3.05, 3.63) is 77.0 Å². The third kappa shape index (κ3) is 6.23. The minimum absolute atomic E-state index is 0.00263. The van der Waals surface area contributed by atoms with Crippen LogP contribution in [0.2, 0.25) is 0 Å². The van der Waals surface area contributed by atoms with Gasteiger partial charge in [-0.05, 0) is 80.5 Å². The fourth-order valence-corrected chi connectivity index (χ4v) is 4.14. The number of halogens is 1. The largest absolute Gasteiger partial charge is 0.497 e. The van der Waals surface area contributed by atoms with Gasteiger partial charge in [-0.25, -0.2) is 9.37 Å². The number of aliphatic carboxylic acids is 1. The maximum atomic E-state index is 14.6. The molecule has 0 radical (unpaired) electrons. The van der Waals surface area contributed by atoms with Crippen LogP contribution in [0.15, 0.2) is 54.2 Å². The topological polar surface area (TPSA) is 81.5 Å². The number of carbonyl (C=O) groups is 1. The van der Waals surface area contributed by atoms with Crippen molar-refractivity contribution in [2.75, 3.05) is 7.11 Å². The van der Waals surface area contributed by atoms with E-state index < -0.39 is 11.8 Å². The van der Waals surface area contributed by atoms with Gasteiger partial charge in [0.1, 0.15) is 23.9 Å². The fraction of sp³-hybridized carbons (Fsp3) is 0.321. The summed E-state index contributed by atoms with van der Waals surface area (Å²) in [5, 5.41) is 9.30. The summed E-state index contributed by atoms with van der Waals surface area (Å²) in [4.78, 5) is 20.5. The zero-order valence-electron chi connectivity index (χ0n) is 20.1. The number of ether oxygens (including phenoxy) is 2. The maximum absolute atomic E-state index is 14.6. The molecule has 0 spiro atoms. The molecule has 4 rings (SSSR count). The van der Waals surface area contributed by atoms with E-state index in [0.717, 1.165) is 24.0 Å². The standard InChI is InChI=1S/C28H29FN2O4/c1-17(2)11-26-28(24-13-21(34-3)9-10-25(24)29)30-15-20(31-26)16-35-22-6-4-5-19(12-22)23(14-27(32)33)18-7-8-18/h4-6,9-13,15,18,23H,7-8,14,16H2,1-3H3,(H,32,33)/t23-/m0/s1. The highest BCUT2D eigenvalue weighted by atomic mass is 19.1. The molecule has 1 aromatic heterocycles. The molecule has 7 heteroatoms. The first-order valence-corrected chi connectivity index (χ1v) is 11.6. The van der Waals surface area contributed by atoms with Gasteiger partial charge in [0.05, 0.1) is 36.8 Å². The minimum Gasteiger partial charge on any atom is -0.497 e. The van der Waals surface area contributed by atoms with Crippen molar-refractivity contribution in [2.24, 2.45) is 5.92 Å². The van der Waals surface area contributed by atoms with Crippen LogP contribution in [0.3, 0.4) is 0 Å². The minimum atomic E-state index is -0.789. The van der Waals surface area contributed by atoms with Gasteiger partial charge in [-0.2, -0.15) is 0 Å². The van der Waals surface area contributed by atoms with Crippen LogP contribution in [0.4, 0.5) is 4.39 Å². The van der Waals surface area contributed by atoms with Crippen molar-refractivity contribution < 1.29 is 23.8 Å². The van der Waals surface area contributed by atoms with Crippen molar-refractivity contribution in [3.63, 3.8) is 0 Å². The number of aromatic nitrogens is 2. The van der Waals surface area contributed by atoms with Crippen molar-refractivity contribution in [1.82, 2.24) is 9.97 Å². The smallest absolute Gasteiger partial charge is 0.303 e. The van der Waals surface area contributed by atoms with Crippen molar-refractivity contribution in [3.8, 4) is 22.8 Å². The number of carboxylic acid groups (broad SMARTS) is 1. The molecule has 2 aromatic carbocycles. The zero-order chi connectivity index (χ0) is 24.9. The summed E-state index contributed by atoms with van der Waals surface area (Å²) in [5.41, 5.74) is 3.86. The van der Waals surface area contributed by atoms with Crippen LogP contribution >= 0.6 is 0 Å². The van der Waals surface area contributed by atoms with E-state index in [1.54, 1.807) is 18.3 Å². The second kappa shape index (κ2) is 10.7. The van der Waals surface area contributed by atoms with E-state index in [9.17, 15) is 14.3 Å². The second-order valence-corrected chi connectivity index (χ2v) is 9.07. The van der Waals surface area contributed by atoms with E-state index >= 15 is 0 Å². The Hall–Kier alpha value is -3.74. The molecule has 6 nitrogen and oxygen atoms in total. The van der Waals surface area contributed by atoms with Gasteiger partial charge in [0.25, 0.3) is 0 Å². The van der Waals surface area contributed by atoms with E-state index in [1.165, 1.54) is 13.2 Å². The van der Waals surface area contributed by atoms with E-state index in [2.05, 4.69) is 9.97 Å². The van der Waals surface area contributed by atoms with Crippen LogP contribution in [0, 0.1) is 11.7 Å². The highest BCUT2D eigenvalue weighted by molar-refractivity contribution is 5.72. The summed E-state index contributed by atoms with van der Waals surface area (Å²) in [6.07, 6.45) is 5.68. The van der Waals surface area contributed by atoms with E-state index in [-0.39, 0.29) is 18.9 Å². The Morgan fingerprint density at radius 1 is 1.20 bits per heavy atom. The van der Waals surface area contributed by atoms with Crippen molar-refractivity contribution in [1.29, 1.82) is 0 Å². The lowest BCUT2D eigenvalue weighted by Crippen LogP contribution is -2.09. The lowest BCUT2D eigenvalue weighted by molar-refractivity contribution is -0.137. The highest BCUT2D eigenvalue weighted by Crippen LogP contribution is 2.45. The maximum Gasteiger partial charge on any atom is 0.303 e.